The number of benzene rings is 1. The van der Waals surface area contributed by atoms with Gasteiger partial charge in [0.1, 0.15) is 5.75 Å². The highest BCUT2D eigenvalue weighted by atomic mass is 16.5. The van der Waals surface area contributed by atoms with Crippen LogP contribution in [0.25, 0.3) is 0 Å². The van der Waals surface area contributed by atoms with Crippen molar-refractivity contribution in [2.45, 2.75) is 25.9 Å². The van der Waals surface area contributed by atoms with Crippen LogP contribution in [0.3, 0.4) is 0 Å². The van der Waals surface area contributed by atoms with Crippen molar-refractivity contribution in [2.24, 2.45) is 4.99 Å². The van der Waals surface area contributed by atoms with Crippen LogP contribution in [0.1, 0.15) is 13.3 Å². The summed E-state index contributed by atoms with van der Waals surface area (Å²) in [4.78, 5) is 7.04. The number of hydrogen-bond donors (Lipinski definition) is 2. The van der Waals surface area contributed by atoms with Crippen molar-refractivity contribution in [3.63, 3.8) is 0 Å². The Morgan fingerprint density at radius 1 is 1.35 bits per heavy atom. The zero-order valence-corrected chi connectivity index (χ0v) is 15.6. The lowest BCUT2D eigenvalue weighted by molar-refractivity contribution is 0.415. The molecule has 7 heteroatoms. The van der Waals surface area contributed by atoms with Crippen LogP contribution < -0.4 is 20.3 Å². The number of guanidine groups is 1. The second-order valence-electron chi connectivity index (χ2n) is 6.28. The fraction of sp³-hybridized carbons (Fsp3) is 0.474. The van der Waals surface area contributed by atoms with Gasteiger partial charge < -0.3 is 20.3 Å². The molecule has 0 amide bonds. The fourth-order valence-corrected chi connectivity index (χ4v) is 3.20. The smallest absolute Gasteiger partial charge is 0.191 e. The number of aromatic nitrogens is 2. The molecule has 2 heterocycles. The average molecular weight is 356 g/mol. The summed E-state index contributed by atoms with van der Waals surface area (Å²) in [6.45, 7) is 6.34. The average Bonchev–Trinajstić information content (AvgIpc) is 3.34. The molecule has 2 aromatic rings. The van der Waals surface area contributed by atoms with E-state index in [1.54, 1.807) is 13.3 Å². The molecule has 1 aliphatic rings. The molecule has 1 fully saturated rings. The zero-order valence-electron chi connectivity index (χ0n) is 15.6. The van der Waals surface area contributed by atoms with Crippen molar-refractivity contribution in [3.8, 4) is 5.75 Å². The van der Waals surface area contributed by atoms with E-state index in [0.29, 0.717) is 12.6 Å². The topological polar surface area (TPSA) is 66.7 Å². The molecule has 0 spiro atoms. The summed E-state index contributed by atoms with van der Waals surface area (Å²) in [6, 6.07) is 10.5. The van der Waals surface area contributed by atoms with E-state index in [9.17, 15) is 0 Å². The largest absolute Gasteiger partial charge is 0.495 e. The lowest BCUT2D eigenvalue weighted by Gasteiger charge is -2.22. The van der Waals surface area contributed by atoms with E-state index >= 15 is 0 Å². The highest BCUT2D eigenvalue weighted by molar-refractivity contribution is 5.80. The molecule has 1 aromatic heterocycles. The first kappa shape index (κ1) is 18.1. The van der Waals surface area contributed by atoms with Crippen molar-refractivity contribution >= 4 is 11.6 Å². The standard InChI is InChI=1S/C19H28N6O/c1-3-20-19(21-11-14-25-12-6-10-22-25)23-16-9-13-24(15-16)17-7-4-5-8-18(17)26-2/h4-8,10,12,16H,3,9,11,13-15H2,1-2H3,(H2,20,21,23). The molecule has 1 unspecified atom stereocenters. The summed E-state index contributed by atoms with van der Waals surface area (Å²) < 4.78 is 7.39. The van der Waals surface area contributed by atoms with Gasteiger partial charge in [0.05, 0.1) is 25.9 Å². The lowest BCUT2D eigenvalue weighted by Crippen LogP contribution is -2.44. The molecule has 1 aromatic carbocycles. The summed E-state index contributed by atoms with van der Waals surface area (Å²) in [5, 5.41) is 11.1. The third kappa shape index (κ3) is 4.68. The van der Waals surface area contributed by atoms with Crippen molar-refractivity contribution < 1.29 is 4.74 Å². The molecule has 2 N–H and O–H groups in total. The maximum absolute atomic E-state index is 5.49. The maximum Gasteiger partial charge on any atom is 0.191 e. The Morgan fingerprint density at radius 2 is 2.23 bits per heavy atom. The Labute approximate surface area is 155 Å². The third-order valence-corrected chi connectivity index (χ3v) is 4.46. The molecule has 1 saturated heterocycles. The van der Waals surface area contributed by atoms with Crippen molar-refractivity contribution in [3.05, 3.63) is 42.7 Å². The van der Waals surface area contributed by atoms with Crippen LogP contribution in [-0.4, -0.2) is 55.1 Å². The van der Waals surface area contributed by atoms with Gasteiger partial charge in [-0.3, -0.25) is 9.67 Å². The van der Waals surface area contributed by atoms with Crippen LogP contribution in [0.4, 0.5) is 5.69 Å². The van der Waals surface area contributed by atoms with Crippen LogP contribution in [0.5, 0.6) is 5.75 Å². The van der Waals surface area contributed by atoms with Gasteiger partial charge in [-0.1, -0.05) is 12.1 Å². The molecule has 1 aliphatic heterocycles. The normalized spacial score (nSPS) is 17.4. The molecule has 0 aliphatic carbocycles. The predicted molar refractivity (Wildman–Crippen MR) is 105 cm³/mol. The number of hydrogen-bond acceptors (Lipinski definition) is 4. The SMILES string of the molecule is CCNC(=NCCn1cccn1)NC1CCN(c2ccccc2OC)C1. The summed E-state index contributed by atoms with van der Waals surface area (Å²) in [7, 11) is 1.72. The Morgan fingerprint density at radius 3 is 3.00 bits per heavy atom. The van der Waals surface area contributed by atoms with E-state index in [1.807, 2.05) is 29.1 Å². The van der Waals surface area contributed by atoms with E-state index in [4.69, 9.17) is 4.74 Å². The van der Waals surface area contributed by atoms with Crippen LogP contribution in [0.2, 0.25) is 0 Å². The van der Waals surface area contributed by atoms with Gasteiger partial charge in [-0.15, -0.1) is 0 Å². The van der Waals surface area contributed by atoms with Gasteiger partial charge in [0, 0.05) is 38.1 Å². The monoisotopic (exact) mass is 356 g/mol. The van der Waals surface area contributed by atoms with Crippen molar-refractivity contribution in [1.29, 1.82) is 0 Å². The Hall–Kier alpha value is -2.70. The number of rotatable bonds is 7. The zero-order chi connectivity index (χ0) is 18.2. The minimum absolute atomic E-state index is 0.363. The van der Waals surface area contributed by atoms with Crippen LogP contribution >= 0.6 is 0 Å². The maximum atomic E-state index is 5.49. The molecule has 0 radical (unpaired) electrons. The number of nitrogens with zero attached hydrogens (tertiary/aromatic N) is 4. The van der Waals surface area contributed by atoms with Gasteiger partial charge in [-0.2, -0.15) is 5.10 Å². The molecule has 7 nitrogen and oxygen atoms in total. The molecule has 1 atom stereocenters. The lowest BCUT2D eigenvalue weighted by atomic mass is 10.2. The first-order valence-electron chi connectivity index (χ1n) is 9.20. The number of anilines is 1. The van der Waals surface area contributed by atoms with E-state index in [-0.39, 0.29) is 0 Å². The highest BCUT2D eigenvalue weighted by Crippen LogP contribution is 2.30. The second kappa shape index (κ2) is 9.12. The summed E-state index contributed by atoms with van der Waals surface area (Å²) in [5.74, 6) is 1.79. The fourth-order valence-electron chi connectivity index (χ4n) is 3.20. The van der Waals surface area contributed by atoms with Gasteiger partial charge >= 0.3 is 0 Å². The Balaban J connectivity index is 1.56. The van der Waals surface area contributed by atoms with Crippen molar-refractivity contribution in [2.75, 3.05) is 38.2 Å². The molecule has 140 valence electrons. The molecule has 0 bridgehead atoms. The number of aliphatic imine (C=N–C) groups is 1. The van der Waals surface area contributed by atoms with E-state index in [0.717, 1.165) is 50.0 Å². The summed E-state index contributed by atoms with van der Waals surface area (Å²) in [5.41, 5.74) is 1.15. The van der Waals surface area contributed by atoms with E-state index in [1.165, 1.54) is 0 Å². The van der Waals surface area contributed by atoms with Gasteiger partial charge in [0.15, 0.2) is 5.96 Å². The quantitative estimate of drug-likeness (QED) is 0.584. The number of ether oxygens (including phenoxy) is 1. The van der Waals surface area contributed by atoms with Crippen molar-refractivity contribution in [1.82, 2.24) is 20.4 Å². The Kier molecular flexibility index (Phi) is 6.35. The number of nitrogens with one attached hydrogen (secondary N) is 2. The second-order valence-corrected chi connectivity index (χ2v) is 6.28. The summed E-state index contributed by atoms with van der Waals surface area (Å²) >= 11 is 0. The number of methoxy groups -OCH3 is 1. The highest BCUT2D eigenvalue weighted by Gasteiger charge is 2.25. The summed E-state index contributed by atoms with van der Waals surface area (Å²) in [6.07, 6.45) is 4.82. The minimum atomic E-state index is 0.363. The van der Waals surface area contributed by atoms with Gasteiger partial charge in [-0.25, -0.2) is 0 Å². The van der Waals surface area contributed by atoms with Crippen LogP contribution in [0.15, 0.2) is 47.7 Å². The minimum Gasteiger partial charge on any atom is -0.495 e. The third-order valence-electron chi connectivity index (χ3n) is 4.46. The van der Waals surface area contributed by atoms with Gasteiger partial charge in [0.25, 0.3) is 0 Å². The molecular formula is C19H28N6O. The predicted octanol–water partition coefficient (Wildman–Crippen LogP) is 1.73. The molecular weight excluding hydrogens is 328 g/mol. The first-order valence-corrected chi connectivity index (χ1v) is 9.20. The Bertz CT molecular complexity index is 700. The van der Waals surface area contributed by atoms with E-state index < -0.39 is 0 Å². The van der Waals surface area contributed by atoms with Crippen LogP contribution in [0, 0.1) is 0 Å². The van der Waals surface area contributed by atoms with Gasteiger partial charge in [-0.05, 0) is 31.5 Å². The molecule has 0 saturated carbocycles. The van der Waals surface area contributed by atoms with Crippen LogP contribution in [-0.2, 0) is 6.54 Å². The number of para-hydroxylation sites is 2. The molecule has 26 heavy (non-hydrogen) atoms. The van der Waals surface area contributed by atoms with Gasteiger partial charge in [0.2, 0.25) is 0 Å². The molecule has 3 rings (SSSR count). The first-order chi connectivity index (χ1) is 12.8. The van der Waals surface area contributed by atoms with E-state index in [2.05, 4.69) is 44.7 Å².